The van der Waals surface area contributed by atoms with Crippen molar-refractivity contribution in [3.8, 4) is 0 Å². The summed E-state index contributed by atoms with van der Waals surface area (Å²) in [5, 5.41) is 0. The highest BCUT2D eigenvalue weighted by Crippen LogP contribution is 2.50. The molecule has 0 heterocycles. The van der Waals surface area contributed by atoms with E-state index in [1.807, 2.05) is 27.7 Å². The van der Waals surface area contributed by atoms with Gasteiger partial charge in [0.1, 0.15) is 0 Å². The van der Waals surface area contributed by atoms with Crippen molar-refractivity contribution in [3.63, 3.8) is 0 Å². The number of hydrogen-bond acceptors (Lipinski definition) is 4. The monoisotopic (exact) mass is 322 g/mol. The minimum atomic E-state index is -3.39. The number of hydrogen-bond donors (Lipinski definition) is 0. The van der Waals surface area contributed by atoms with Gasteiger partial charge in [0.2, 0.25) is 0 Å². The van der Waals surface area contributed by atoms with Gasteiger partial charge in [-0.2, -0.15) is 0 Å². The van der Waals surface area contributed by atoms with Crippen LogP contribution in [0.1, 0.15) is 67.2 Å². The third-order valence-electron chi connectivity index (χ3n) is 2.81. The smallest absolute Gasteiger partial charge is 0.287 e. The highest BCUT2D eigenvalue weighted by Gasteiger charge is 2.27. The molecule has 21 heavy (non-hydrogen) atoms. The van der Waals surface area contributed by atoms with E-state index in [1.54, 1.807) is 0 Å². The van der Waals surface area contributed by atoms with E-state index in [2.05, 4.69) is 13.8 Å². The van der Waals surface area contributed by atoms with Crippen molar-refractivity contribution in [2.45, 2.75) is 67.2 Å². The lowest BCUT2D eigenvalue weighted by atomic mass is 10.1. The van der Waals surface area contributed by atoms with E-state index < -0.39 is 7.82 Å². The Morgan fingerprint density at radius 3 is 1.67 bits per heavy atom. The minimum absolute atomic E-state index is 0.301. The van der Waals surface area contributed by atoms with Crippen LogP contribution in [0, 0.1) is 17.8 Å². The third kappa shape index (κ3) is 13.5. The summed E-state index contributed by atoms with van der Waals surface area (Å²) in [4.78, 5) is 0. The molecule has 0 spiro atoms. The lowest BCUT2D eigenvalue weighted by Gasteiger charge is -2.20. The molecule has 4 nitrogen and oxygen atoms in total. The fourth-order valence-electron chi connectivity index (χ4n) is 1.60. The van der Waals surface area contributed by atoms with Gasteiger partial charge in [-0.05, 0) is 24.2 Å². The van der Waals surface area contributed by atoms with Crippen LogP contribution in [0.5, 0.6) is 0 Å². The SMILES string of the molecule is CC(C)CCCCCOP(=O)(OCC(C)C)OCC(C)C. The van der Waals surface area contributed by atoms with Crippen molar-refractivity contribution in [2.75, 3.05) is 19.8 Å². The summed E-state index contributed by atoms with van der Waals surface area (Å²) in [7, 11) is -3.39. The Balaban J connectivity index is 4.06. The van der Waals surface area contributed by atoms with Gasteiger partial charge in [0.05, 0.1) is 19.8 Å². The number of phosphoric ester groups is 1. The number of phosphoric acid groups is 1. The second kappa shape index (κ2) is 11.6. The fourth-order valence-corrected chi connectivity index (χ4v) is 3.14. The van der Waals surface area contributed by atoms with Crippen molar-refractivity contribution >= 4 is 7.82 Å². The first-order valence-corrected chi connectivity index (χ1v) is 9.75. The normalized spacial score (nSPS) is 12.8. The van der Waals surface area contributed by atoms with Gasteiger partial charge in [-0.3, -0.25) is 13.6 Å². The Labute approximate surface area is 131 Å². The van der Waals surface area contributed by atoms with Gasteiger partial charge in [0.15, 0.2) is 0 Å². The first-order chi connectivity index (χ1) is 9.75. The van der Waals surface area contributed by atoms with E-state index in [0.29, 0.717) is 31.7 Å². The summed E-state index contributed by atoms with van der Waals surface area (Å²) in [5.74, 6) is 1.34. The van der Waals surface area contributed by atoms with Crippen LogP contribution in [0.4, 0.5) is 0 Å². The fraction of sp³-hybridized carbons (Fsp3) is 1.00. The maximum atomic E-state index is 12.5. The highest BCUT2D eigenvalue weighted by molar-refractivity contribution is 7.48. The topological polar surface area (TPSA) is 44.8 Å². The molecule has 0 unspecified atom stereocenters. The molecule has 0 fully saturated rings. The van der Waals surface area contributed by atoms with Crippen LogP contribution in [0.3, 0.4) is 0 Å². The minimum Gasteiger partial charge on any atom is -0.287 e. The lowest BCUT2D eigenvalue weighted by molar-refractivity contribution is 0.0943. The van der Waals surface area contributed by atoms with Gasteiger partial charge < -0.3 is 0 Å². The van der Waals surface area contributed by atoms with Crippen LogP contribution in [0.15, 0.2) is 0 Å². The van der Waals surface area contributed by atoms with Gasteiger partial charge in [0, 0.05) is 0 Å². The number of rotatable bonds is 13. The van der Waals surface area contributed by atoms with Crippen LogP contribution < -0.4 is 0 Å². The molecule has 0 N–H and O–H groups in total. The summed E-state index contributed by atoms with van der Waals surface area (Å²) in [6.07, 6.45) is 4.40. The molecule has 0 aliphatic rings. The predicted octanol–water partition coefficient (Wildman–Crippen LogP) is 5.67. The maximum Gasteiger partial charge on any atom is 0.474 e. The second-order valence-electron chi connectivity index (χ2n) is 6.90. The van der Waals surface area contributed by atoms with Gasteiger partial charge in [0.25, 0.3) is 0 Å². The molecule has 0 rings (SSSR count). The van der Waals surface area contributed by atoms with Gasteiger partial charge in [-0.25, -0.2) is 4.57 Å². The zero-order valence-electron chi connectivity index (χ0n) is 14.8. The van der Waals surface area contributed by atoms with Crippen LogP contribution in [-0.2, 0) is 18.1 Å². The maximum absolute atomic E-state index is 12.5. The summed E-state index contributed by atoms with van der Waals surface area (Å²) >= 11 is 0. The molecule has 0 atom stereocenters. The zero-order valence-corrected chi connectivity index (χ0v) is 15.7. The van der Waals surface area contributed by atoms with Gasteiger partial charge >= 0.3 is 7.82 Å². The molecule has 0 saturated heterocycles. The van der Waals surface area contributed by atoms with Crippen LogP contribution >= 0.6 is 7.82 Å². The molecule has 0 saturated carbocycles. The van der Waals surface area contributed by atoms with E-state index in [4.69, 9.17) is 13.6 Å². The molecule has 0 aromatic carbocycles. The van der Waals surface area contributed by atoms with Crippen molar-refractivity contribution in [3.05, 3.63) is 0 Å². The molecule has 5 heteroatoms. The predicted molar refractivity (Wildman–Crippen MR) is 88.4 cm³/mol. The Morgan fingerprint density at radius 1 is 0.714 bits per heavy atom. The number of unbranched alkanes of at least 4 members (excludes halogenated alkanes) is 2. The summed E-state index contributed by atoms with van der Waals surface area (Å²) < 4.78 is 28.7. The van der Waals surface area contributed by atoms with E-state index in [9.17, 15) is 4.57 Å². The molecule has 0 radical (unpaired) electrons. The van der Waals surface area contributed by atoms with E-state index in [0.717, 1.165) is 18.8 Å². The van der Waals surface area contributed by atoms with Crippen molar-refractivity contribution in [2.24, 2.45) is 17.8 Å². The summed E-state index contributed by atoms with van der Waals surface area (Å²) in [6, 6.07) is 0. The van der Waals surface area contributed by atoms with Crippen molar-refractivity contribution in [1.82, 2.24) is 0 Å². The zero-order chi connectivity index (χ0) is 16.3. The standard InChI is InChI=1S/C16H35O4P/c1-14(2)10-8-7-9-11-18-21(17,19-12-15(3)4)20-13-16(5)6/h14-16H,7-13H2,1-6H3. The Bertz CT molecular complexity index is 274. The highest BCUT2D eigenvalue weighted by atomic mass is 31.2. The Kier molecular flexibility index (Phi) is 11.7. The summed E-state index contributed by atoms with van der Waals surface area (Å²) in [5.41, 5.74) is 0. The lowest BCUT2D eigenvalue weighted by Crippen LogP contribution is -2.09. The van der Waals surface area contributed by atoms with Crippen LogP contribution in [-0.4, -0.2) is 19.8 Å². The third-order valence-corrected chi connectivity index (χ3v) is 4.24. The van der Waals surface area contributed by atoms with Crippen molar-refractivity contribution < 1.29 is 18.1 Å². The molecule has 0 aromatic rings. The Morgan fingerprint density at radius 2 is 1.24 bits per heavy atom. The van der Waals surface area contributed by atoms with Gasteiger partial charge in [-0.15, -0.1) is 0 Å². The first-order valence-electron chi connectivity index (χ1n) is 8.29. The van der Waals surface area contributed by atoms with Crippen molar-refractivity contribution in [1.29, 1.82) is 0 Å². The molecule has 128 valence electrons. The average molecular weight is 322 g/mol. The molecular weight excluding hydrogens is 287 g/mol. The van der Waals surface area contributed by atoms with E-state index in [-0.39, 0.29) is 0 Å². The molecule has 0 aliphatic carbocycles. The van der Waals surface area contributed by atoms with Crippen LogP contribution in [0.25, 0.3) is 0 Å². The second-order valence-corrected chi connectivity index (χ2v) is 8.57. The molecule has 0 aliphatic heterocycles. The molecule has 0 bridgehead atoms. The Hall–Kier alpha value is 0.110. The summed E-state index contributed by atoms with van der Waals surface area (Å²) in [6.45, 7) is 13.7. The first kappa shape index (κ1) is 21.1. The largest absolute Gasteiger partial charge is 0.474 e. The quantitative estimate of drug-likeness (QED) is 0.323. The van der Waals surface area contributed by atoms with E-state index in [1.165, 1.54) is 12.8 Å². The molecule has 0 amide bonds. The molecule has 0 aromatic heterocycles. The van der Waals surface area contributed by atoms with E-state index >= 15 is 0 Å². The van der Waals surface area contributed by atoms with Crippen LogP contribution in [0.2, 0.25) is 0 Å². The molecular formula is C16H35O4P. The average Bonchev–Trinajstić information content (AvgIpc) is 2.38. The van der Waals surface area contributed by atoms with Gasteiger partial charge in [-0.1, -0.05) is 60.8 Å².